The number of guanidine groups is 1. The highest BCUT2D eigenvalue weighted by Crippen LogP contribution is 1.90. The molecule has 0 aliphatic carbocycles. The second kappa shape index (κ2) is 7.49. The Hall–Kier alpha value is -0.780. The van der Waals surface area contributed by atoms with Crippen LogP contribution in [0.2, 0.25) is 0 Å². The molecule has 0 aromatic heterocycles. The Bertz CT molecular complexity index is 310. The van der Waals surface area contributed by atoms with Crippen molar-refractivity contribution in [3.05, 3.63) is 0 Å². The van der Waals surface area contributed by atoms with E-state index in [1.165, 1.54) is 6.26 Å². The molecule has 0 aliphatic heterocycles. The Morgan fingerprint density at radius 3 is 2.44 bits per heavy atom. The third kappa shape index (κ3) is 9.76. The molecule has 0 fully saturated rings. The van der Waals surface area contributed by atoms with Crippen molar-refractivity contribution in [1.82, 2.24) is 10.6 Å². The Kier molecular flexibility index (Phi) is 7.12. The lowest BCUT2D eigenvalue weighted by Crippen LogP contribution is -2.41. The molecule has 16 heavy (non-hydrogen) atoms. The molecule has 0 heterocycles. The van der Waals surface area contributed by atoms with Gasteiger partial charge in [0.2, 0.25) is 0 Å². The maximum atomic E-state index is 10.9. The van der Waals surface area contributed by atoms with E-state index in [0.29, 0.717) is 19.0 Å². The van der Waals surface area contributed by atoms with Crippen LogP contribution in [0.4, 0.5) is 0 Å². The van der Waals surface area contributed by atoms with Gasteiger partial charge in [0, 0.05) is 25.4 Å². The number of sulfone groups is 1. The van der Waals surface area contributed by atoms with Gasteiger partial charge in [-0.15, -0.1) is 0 Å². The van der Waals surface area contributed by atoms with Crippen LogP contribution in [0.3, 0.4) is 0 Å². The summed E-state index contributed by atoms with van der Waals surface area (Å²) < 4.78 is 21.8. The first-order valence-corrected chi connectivity index (χ1v) is 7.63. The largest absolute Gasteiger partial charge is 0.357 e. The molecule has 0 radical (unpaired) electrons. The number of aliphatic imine (C=N–C) groups is 1. The van der Waals surface area contributed by atoms with Gasteiger partial charge < -0.3 is 10.6 Å². The van der Waals surface area contributed by atoms with Gasteiger partial charge in [0.1, 0.15) is 9.84 Å². The van der Waals surface area contributed by atoms with Gasteiger partial charge in [-0.2, -0.15) is 0 Å². The molecule has 0 saturated heterocycles. The van der Waals surface area contributed by atoms with E-state index in [-0.39, 0.29) is 5.75 Å². The third-order valence-electron chi connectivity index (χ3n) is 1.71. The van der Waals surface area contributed by atoms with E-state index in [9.17, 15) is 8.42 Å². The van der Waals surface area contributed by atoms with E-state index in [1.54, 1.807) is 0 Å². The highest BCUT2D eigenvalue weighted by atomic mass is 32.2. The van der Waals surface area contributed by atoms with Gasteiger partial charge in [-0.05, 0) is 27.2 Å². The summed E-state index contributed by atoms with van der Waals surface area (Å²) in [6.45, 7) is 7.38. The van der Waals surface area contributed by atoms with Gasteiger partial charge in [-0.1, -0.05) is 0 Å². The maximum absolute atomic E-state index is 10.9. The first kappa shape index (κ1) is 15.2. The lowest BCUT2D eigenvalue weighted by atomic mass is 10.4. The average molecular weight is 249 g/mol. The zero-order valence-corrected chi connectivity index (χ0v) is 11.4. The monoisotopic (exact) mass is 249 g/mol. The predicted octanol–water partition coefficient (Wildman–Crippen LogP) is 0.385. The fourth-order valence-electron chi connectivity index (χ4n) is 1.11. The van der Waals surface area contributed by atoms with Crippen LogP contribution in [-0.4, -0.2) is 45.5 Å². The number of nitrogens with zero attached hydrogens (tertiary/aromatic N) is 1. The fourth-order valence-corrected chi connectivity index (χ4v) is 1.76. The molecule has 0 aromatic carbocycles. The second-order valence-electron chi connectivity index (χ2n) is 4.04. The summed E-state index contributed by atoms with van der Waals surface area (Å²) in [4.78, 5) is 4.29. The summed E-state index contributed by atoms with van der Waals surface area (Å²) in [5, 5.41) is 6.27. The second-order valence-corrected chi connectivity index (χ2v) is 6.30. The van der Waals surface area contributed by atoms with Crippen LogP contribution < -0.4 is 10.6 Å². The summed E-state index contributed by atoms with van der Waals surface area (Å²) in [7, 11) is -2.87. The lowest BCUT2D eigenvalue weighted by Gasteiger charge is -2.13. The molecule has 0 bridgehead atoms. The van der Waals surface area contributed by atoms with E-state index in [4.69, 9.17) is 0 Å². The number of hydrogen-bond acceptors (Lipinski definition) is 3. The highest BCUT2D eigenvalue weighted by Gasteiger charge is 2.02. The normalized spacial score (nSPS) is 12.9. The van der Waals surface area contributed by atoms with Gasteiger partial charge in [-0.3, -0.25) is 4.99 Å². The molecule has 0 amide bonds. The van der Waals surface area contributed by atoms with Crippen LogP contribution in [0, 0.1) is 0 Å². The Morgan fingerprint density at radius 2 is 2.00 bits per heavy atom. The van der Waals surface area contributed by atoms with Crippen molar-refractivity contribution in [3.63, 3.8) is 0 Å². The molecule has 2 N–H and O–H groups in total. The minimum atomic E-state index is -2.87. The number of rotatable bonds is 6. The lowest BCUT2D eigenvalue weighted by molar-refractivity contribution is 0.599. The van der Waals surface area contributed by atoms with Crippen LogP contribution in [0.15, 0.2) is 4.99 Å². The molecule has 0 aliphatic rings. The molecule has 96 valence electrons. The minimum Gasteiger partial charge on any atom is -0.357 e. The first-order valence-electron chi connectivity index (χ1n) is 5.57. The summed E-state index contributed by atoms with van der Waals surface area (Å²) in [6.07, 6.45) is 1.81. The molecule has 0 atom stereocenters. The van der Waals surface area contributed by atoms with Crippen LogP contribution in [0.5, 0.6) is 0 Å². The zero-order chi connectivity index (χ0) is 12.6. The molecule has 0 rings (SSSR count). The van der Waals surface area contributed by atoms with Gasteiger partial charge in [0.05, 0.1) is 5.75 Å². The smallest absolute Gasteiger partial charge is 0.191 e. The standard InChI is InChI=1S/C10H23N3O2S/c1-5-11-10(13-9(2)3)12-7-6-8-16(4,14)15/h9H,5-8H2,1-4H3,(H2,11,12,13). The van der Waals surface area contributed by atoms with E-state index in [0.717, 1.165) is 12.5 Å². The van der Waals surface area contributed by atoms with Gasteiger partial charge in [-0.25, -0.2) is 8.42 Å². The molecule has 0 unspecified atom stereocenters. The molecule has 0 spiro atoms. The molecule has 5 nitrogen and oxygen atoms in total. The summed E-state index contributed by atoms with van der Waals surface area (Å²) in [5.41, 5.74) is 0. The molecular weight excluding hydrogens is 226 g/mol. The first-order chi connectivity index (χ1) is 7.35. The average Bonchev–Trinajstić information content (AvgIpc) is 2.10. The molecule has 0 aromatic rings. The van der Waals surface area contributed by atoms with E-state index < -0.39 is 9.84 Å². The van der Waals surface area contributed by atoms with Crippen molar-refractivity contribution in [1.29, 1.82) is 0 Å². The van der Waals surface area contributed by atoms with Gasteiger partial charge in [0.25, 0.3) is 0 Å². The van der Waals surface area contributed by atoms with Gasteiger partial charge in [0.15, 0.2) is 5.96 Å². The SMILES string of the molecule is CCNC(=NCCCS(C)(=O)=O)NC(C)C. The van der Waals surface area contributed by atoms with Crippen molar-refractivity contribution in [3.8, 4) is 0 Å². The van der Waals surface area contributed by atoms with Crippen LogP contribution in [0.25, 0.3) is 0 Å². The van der Waals surface area contributed by atoms with E-state index in [2.05, 4.69) is 15.6 Å². The predicted molar refractivity (Wildman–Crippen MR) is 68.6 cm³/mol. The Balaban J connectivity index is 4.03. The van der Waals surface area contributed by atoms with Crippen molar-refractivity contribution in [2.45, 2.75) is 33.2 Å². The molecular formula is C10H23N3O2S. The molecule has 0 saturated carbocycles. The van der Waals surface area contributed by atoms with Crippen LogP contribution in [0.1, 0.15) is 27.2 Å². The summed E-state index contributed by atoms with van der Waals surface area (Å²) in [5.74, 6) is 0.934. The van der Waals surface area contributed by atoms with E-state index >= 15 is 0 Å². The fraction of sp³-hybridized carbons (Fsp3) is 0.900. The Morgan fingerprint density at radius 1 is 1.38 bits per heavy atom. The van der Waals surface area contributed by atoms with Crippen LogP contribution in [-0.2, 0) is 9.84 Å². The van der Waals surface area contributed by atoms with Crippen molar-refractivity contribution < 1.29 is 8.42 Å². The minimum absolute atomic E-state index is 0.192. The molecule has 6 heteroatoms. The van der Waals surface area contributed by atoms with Crippen molar-refractivity contribution in [2.24, 2.45) is 4.99 Å². The maximum Gasteiger partial charge on any atom is 0.191 e. The quantitative estimate of drug-likeness (QED) is 0.406. The topological polar surface area (TPSA) is 70.6 Å². The third-order valence-corrected chi connectivity index (χ3v) is 2.74. The Labute approximate surface area is 98.6 Å². The van der Waals surface area contributed by atoms with Crippen molar-refractivity contribution >= 4 is 15.8 Å². The van der Waals surface area contributed by atoms with E-state index in [1.807, 2.05) is 20.8 Å². The number of nitrogens with one attached hydrogen (secondary N) is 2. The van der Waals surface area contributed by atoms with Crippen LogP contribution >= 0.6 is 0 Å². The van der Waals surface area contributed by atoms with Crippen molar-refractivity contribution in [2.75, 3.05) is 25.1 Å². The highest BCUT2D eigenvalue weighted by molar-refractivity contribution is 7.90. The summed E-state index contributed by atoms with van der Waals surface area (Å²) >= 11 is 0. The number of hydrogen-bond donors (Lipinski definition) is 2. The van der Waals surface area contributed by atoms with Gasteiger partial charge >= 0.3 is 0 Å². The zero-order valence-electron chi connectivity index (χ0n) is 10.6. The summed E-state index contributed by atoms with van der Waals surface area (Å²) in [6, 6.07) is 0.313.